The van der Waals surface area contributed by atoms with Gasteiger partial charge in [-0.1, -0.05) is 55.0 Å². The average molecular weight is 1340 g/mol. The highest BCUT2D eigenvalue weighted by atomic mass is 35.5. The lowest BCUT2D eigenvalue weighted by atomic mass is 9.67. The summed E-state index contributed by atoms with van der Waals surface area (Å²) in [6.45, 7) is 6.54. The van der Waals surface area contributed by atoms with Crippen LogP contribution in [0.25, 0.3) is 10.8 Å². The van der Waals surface area contributed by atoms with E-state index in [9.17, 15) is 62.6 Å². The first kappa shape index (κ1) is 70.2. The quantitative estimate of drug-likeness (QED) is 0.00938. The number of alkyl halides is 1. The molecule has 1 unspecified atom stereocenters. The van der Waals surface area contributed by atoms with Crippen molar-refractivity contribution in [1.29, 1.82) is 0 Å². The van der Waals surface area contributed by atoms with E-state index in [1.807, 2.05) is 0 Å². The number of alkyl carbamates (subject to hydrolysis) is 1. The number of carbonyl (C=O) groups excluding carboxylic acids is 9. The number of nitrogens with zero attached hydrogens (tertiary/aromatic N) is 4. The molecule has 1 saturated carbocycles. The number of benzene rings is 4. The van der Waals surface area contributed by atoms with E-state index in [0.717, 1.165) is 15.4 Å². The number of ether oxygens (including phenoxy) is 4. The van der Waals surface area contributed by atoms with Crippen LogP contribution in [0.2, 0.25) is 0 Å². The van der Waals surface area contributed by atoms with Gasteiger partial charge >= 0.3 is 20.0 Å². The maximum Gasteiger partial charge on any atom is 0.524 e. The Morgan fingerprint density at radius 3 is 2.15 bits per heavy atom. The van der Waals surface area contributed by atoms with E-state index in [2.05, 4.69) is 16.0 Å². The number of amides is 8. The zero-order valence-electron chi connectivity index (χ0n) is 53.4. The molecule has 25 nitrogen and oxygen atoms in total. The number of carbonyl (C=O) groups is 9. The summed E-state index contributed by atoms with van der Waals surface area (Å²) >= 11 is 6.42. The van der Waals surface area contributed by atoms with Crippen molar-refractivity contribution >= 4 is 95.0 Å². The Morgan fingerprint density at radius 1 is 0.787 bits per heavy atom. The van der Waals surface area contributed by atoms with Gasteiger partial charge in [0.25, 0.3) is 17.7 Å². The van der Waals surface area contributed by atoms with Crippen LogP contribution in [0.5, 0.6) is 17.2 Å². The molecule has 1 saturated heterocycles. The molecule has 4 aliphatic heterocycles. The Morgan fingerprint density at radius 2 is 1.47 bits per heavy atom. The van der Waals surface area contributed by atoms with Crippen molar-refractivity contribution in [2.75, 3.05) is 62.1 Å². The molecule has 0 radical (unpaired) electrons. The number of hydrogen-bond acceptors (Lipinski definition) is 16. The Labute approximate surface area is 550 Å². The number of phosphoric acid groups is 1. The number of aliphatic hydroxyl groups excluding tert-OH is 1. The normalized spacial score (nSPS) is 18.4. The lowest BCUT2D eigenvalue weighted by Crippen LogP contribution is -2.58. The van der Waals surface area contributed by atoms with Crippen molar-refractivity contribution < 1.29 is 86.1 Å². The molecule has 4 atom stereocenters. The molecule has 0 spiro atoms. The lowest BCUT2D eigenvalue weighted by Gasteiger charge is -2.39. The first-order valence-corrected chi connectivity index (χ1v) is 34.1. The standard InChI is InChI=1S/C67H83ClN7O18P/c1-66(2,3)92-64(84)70-31-12-10-19-48(71-63(83)67(28-16-29-67)62(82)69-30-11-6-13-32-73-57(78)26-27-58(73)79)52(76)35-42-22-24-43(25-23-42)41-91-65(85)75-50-37-55(54(89-4)36-47(50)60(80)72-33-15-20-49(72)61(75)81)90-34-14-5-7-21-56(77)74-40-44(39-68)59-46-18-9-8-17-45(46)53(38-51(59)74)93-94(86,87)88/h8-9,17-18,22-27,36-38,44,48-49,61,81H,5-7,10-16,19-21,28-35,39-41H2,1-4H3,(H,69,82)(H,70,84)(H,71,83)(H2,86,87,88)/t44-,48+,49+,61?/m1/s1. The minimum Gasteiger partial charge on any atom is -0.493 e. The van der Waals surface area contributed by atoms with Crippen molar-refractivity contribution in [1.82, 2.24) is 25.8 Å². The summed E-state index contributed by atoms with van der Waals surface area (Å²) in [7, 11) is -3.53. The van der Waals surface area contributed by atoms with Gasteiger partial charge in [-0.25, -0.2) is 19.1 Å². The average Bonchev–Trinajstić information content (AvgIpc) is 1.53. The zero-order chi connectivity index (χ0) is 67.5. The van der Waals surface area contributed by atoms with Crippen LogP contribution < -0.4 is 39.7 Å². The molecule has 6 N–H and O–H groups in total. The number of unbranched alkanes of at least 4 members (excludes halogenated alkanes) is 5. The number of nitrogens with one attached hydrogen (secondary N) is 3. The van der Waals surface area contributed by atoms with Crippen molar-refractivity contribution in [2.45, 2.75) is 160 Å². The smallest absolute Gasteiger partial charge is 0.493 e. The molecule has 1 aliphatic carbocycles. The largest absolute Gasteiger partial charge is 0.524 e. The Kier molecular flexibility index (Phi) is 23.1. The summed E-state index contributed by atoms with van der Waals surface area (Å²) in [5.74, 6) is -2.33. The first-order chi connectivity index (χ1) is 44.9. The van der Waals surface area contributed by atoms with Gasteiger partial charge in [0.2, 0.25) is 17.7 Å². The van der Waals surface area contributed by atoms with E-state index >= 15 is 0 Å². The van der Waals surface area contributed by atoms with E-state index in [1.54, 1.807) is 74.2 Å². The van der Waals surface area contributed by atoms with Crippen LogP contribution in [0.4, 0.5) is 21.0 Å². The van der Waals surface area contributed by atoms with Gasteiger partial charge in [0.05, 0.1) is 42.7 Å². The van der Waals surface area contributed by atoms with Crippen LogP contribution in [-0.4, -0.2) is 154 Å². The first-order valence-electron chi connectivity index (χ1n) is 32.1. The summed E-state index contributed by atoms with van der Waals surface area (Å²) in [6.07, 6.45) is 6.00. The predicted molar refractivity (Wildman–Crippen MR) is 346 cm³/mol. The molecule has 2 fully saturated rings. The van der Waals surface area contributed by atoms with Gasteiger partial charge in [-0.05, 0) is 132 Å². The van der Waals surface area contributed by atoms with Crippen LogP contribution in [0.15, 0.2) is 78.9 Å². The van der Waals surface area contributed by atoms with Gasteiger partial charge in [-0.3, -0.25) is 48.2 Å². The molecule has 8 amide bonds. The van der Waals surface area contributed by atoms with Gasteiger partial charge < -0.3 is 54.3 Å². The number of anilines is 2. The van der Waals surface area contributed by atoms with E-state index < -0.39 is 67.1 Å². The molecule has 4 heterocycles. The molecule has 5 aliphatic rings. The van der Waals surface area contributed by atoms with E-state index in [1.165, 1.54) is 42.4 Å². The number of hydrogen-bond donors (Lipinski definition) is 6. The highest BCUT2D eigenvalue weighted by molar-refractivity contribution is 7.46. The number of fused-ring (bicyclic) bond motifs is 5. The molecule has 506 valence electrons. The Balaban J connectivity index is 0.808. The summed E-state index contributed by atoms with van der Waals surface area (Å²) in [4.78, 5) is 145. The molecule has 0 aromatic heterocycles. The van der Waals surface area contributed by atoms with Crippen molar-refractivity contribution in [3.63, 3.8) is 0 Å². The van der Waals surface area contributed by atoms with Crippen LogP contribution in [0.3, 0.4) is 0 Å². The topological polar surface area (TPSA) is 327 Å². The van der Waals surface area contributed by atoms with E-state index in [0.29, 0.717) is 118 Å². The second-order valence-corrected chi connectivity index (χ2v) is 26.8. The third-order valence-corrected chi connectivity index (χ3v) is 18.4. The van der Waals surface area contributed by atoms with Gasteiger partial charge in [0.1, 0.15) is 23.4 Å². The summed E-state index contributed by atoms with van der Waals surface area (Å²) in [6, 6.07) is 16.4. The zero-order valence-corrected chi connectivity index (χ0v) is 55.0. The lowest BCUT2D eigenvalue weighted by molar-refractivity contribution is -0.151. The maximum absolute atomic E-state index is 14.4. The minimum atomic E-state index is -4.94. The number of halogens is 1. The monoisotopic (exact) mass is 1340 g/mol. The predicted octanol–water partition coefficient (Wildman–Crippen LogP) is 8.38. The molecular weight excluding hydrogens is 1260 g/mol. The van der Waals surface area contributed by atoms with Gasteiger partial charge in [-0.15, -0.1) is 11.6 Å². The highest BCUT2D eigenvalue weighted by Gasteiger charge is 2.51. The van der Waals surface area contributed by atoms with Crippen LogP contribution in [0.1, 0.15) is 150 Å². The third-order valence-electron chi connectivity index (χ3n) is 17.6. The fourth-order valence-corrected chi connectivity index (χ4v) is 13.3. The van der Waals surface area contributed by atoms with Crippen molar-refractivity contribution in [2.24, 2.45) is 5.41 Å². The number of ketones is 1. The second-order valence-electron chi connectivity index (χ2n) is 25.3. The van der Waals surface area contributed by atoms with E-state index in [-0.39, 0.29) is 122 Å². The van der Waals surface area contributed by atoms with Crippen LogP contribution in [0, 0.1) is 5.41 Å². The maximum atomic E-state index is 14.4. The number of methoxy groups -OCH3 is 1. The molecule has 4 aromatic carbocycles. The second kappa shape index (κ2) is 31.0. The molecule has 27 heteroatoms. The number of phosphoric ester groups is 1. The van der Waals surface area contributed by atoms with Crippen LogP contribution >= 0.6 is 19.4 Å². The third kappa shape index (κ3) is 16.9. The number of Topliss-reactive ketones (excluding diaryl/α,β-unsaturated/α-hetero) is 1. The number of rotatable bonds is 30. The molecule has 4 aromatic rings. The van der Waals surface area contributed by atoms with Crippen molar-refractivity contribution in [3.05, 3.63) is 101 Å². The minimum absolute atomic E-state index is 0.0399. The molecule has 9 rings (SSSR count). The Bertz CT molecular complexity index is 3570. The van der Waals surface area contributed by atoms with Crippen LogP contribution in [-0.2, 0) is 55.8 Å². The van der Waals surface area contributed by atoms with Gasteiger partial charge in [0.15, 0.2) is 23.5 Å². The fraction of sp³-hybridized carbons (Fsp3) is 0.507. The highest BCUT2D eigenvalue weighted by Crippen LogP contribution is 2.50. The van der Waals surface area contributed by atoms with Crippen molar-refractivity contribution in [3.8, 4) is 17.2 Å². The number of imide groups is 1. The molecular formula is C67H83ClN7O18P. The number of aliphatic hydroxyl groups is 1. The van der Waals surface area contributed by atoms with Gasteiger partial charge in [0, 0.05) is 87.0 Å². The Hall–Kier alpha value is -8.09. The molecule has 0 bridgehead atoms. The van der Waals surface area contributed by atoms with Gasteiger partial charge in [-0.2, -0.15) is 0 Å². The SMILES string of the molecule is COc1cc2c(cc1OCCCCCC(=O)N1C[C@@H](CCl)c3c1cc(OP(=O)(O)O)c1ccccc31)N(C(=O)OCc1ccc(CC(=O)[C@H](CCCCNC(=O)OC(C)(C)C)NC(=O)C3(C(=O)NCCCCCN4C(=O)C=CC4=O)CCC3)cc1)C(O)[C@@H]1CCCN1C2=O. The summed E-state index contributed by atoms with van der Waals surface area (Å²) < 4.78 is 40.2. The summed E-state index contributed by atoms with van der Waals surface area (Å²) in [5.41, 5.74) is 0.446. The molecule has 94 heavy (non-hydrogen) atoms. The summed E-state index contributed by atoms with van der Waals surface area (Å²) in [5, 5.41) is 21.6. The fourth-order valence-electron chi connectivity index (χ4n) is 12.6. The van der Waals surface area contributed by atoms with E-state index in [4.69, 9.17) is 35.1 Å².